The van der Waals surface area contributed by atoms with Crippen molar-refractivity contribution >= 4 is 11.9 Å². The minimum atomic E-state index is -4.49. The van der Waals surface area contributed by atoms with Gasteiger partial charge in [-0.3, -0.25) is 4.79 Å². The fourth-order valence-electron chi connectivity index (χ4n) is 2.81. The van der Waals surface area contributed by atoms with E-state index in [1.54, 1.807) is 0 Å². The number of halogens is 3. The van der Waals surface area contributed by atoms with Crippen LogP contribution in [0.3, 0.4) is 0 Å². The minimum absolute atomic E-state index is 0.0353. The molecule has 0 spiro atoms. The Kier molecular flexibility index (Phi) is 4.68. The van der Waals surface area contributed by atoms with Crippen LogP contribution in [0.25, 0.3) is 0 Å². The molecule has 126 valence electrons. The number of carboxylic acids is 1. The molecular weight excluding hydrogens is 311 g/mol. The molecule has 7 heteroatoms. The SMILES string of the molecule is CC(CC(=O)NC1(C(=O)O)CCC1)c1ccccc1C(F)(F)F. The van der Waals surface area contributed by atoms with Gasteiger partial charge in [-0.25, -0.2) is 4.79 Å². The topological polar surface area (TPSA) is 66.4 Å². The van der Waals surface area contributed by atoms with E-state index in [0.29, 0.717) is 19.3 Å². The predicted octanol–water partition coefficient (Wildman–Crippen LogP) is 3.32. The lowest BCUT2D eigenvalue weighted by Gasteiger charge is -2.38. The van der Waals surface area contributed by atoms with Crippen LogP contribution in [0.2, 0.25) is 0 Å². The largest absolute Gasteiger partial charge is 0.480 e. The van der Waals surface area contributed by atoms with Crippen molar-refractivity contribution in [2.45, 2.75) is 50.2 Å². The lowest BCUT2D eigenvalue weighted by Crippen LogP contribution is -2.59. The average molecular weight is 329 g/mol. The summed E-state index contributed by atoms with van der Waals surface area (Å²) in [5, 5.41) is 11.6. The van der Waals surface area contributed by atoms with Crippen LogP contribution in [0.15, 0.2) is 24.3 Å². The highest BCUT2D eigenvalue weighted by Crippen LogP contribution is 2.36. The van der Waals surface area contributed by atoms with Gasteiger partial charge in [0.2, 0.25) is 5.91 Å². The molecule has 23 heavy (non-hydrogen) atoms. The first kappa shape index (κ1) is 17.3. The number of hydrogen-bond donors (Lipinski definition) is 2. The van der Waals surface area contributed by atoms with Crippen molar-refractivity contribution in [2.75, 3.05) is 0 Å². The number of nitrogens with one attached hydrogen (secondary N) is 1. The van der Waals surface area contributed by atoms with Gasteiger partial charge in [0, 0.05) is 6.42 Å². The van der Waals surface area contributed by atoms with E-state index in [2.05, 4.69) is 5.32 Å². The molecule has 1 aromatic rings. The number of alkyl halides is 3. The van der Waals surface area contributed by atoms with Gasteiger partial charge in [0.25, 0.3) is 0 Å². The smallest absolute Gasteiger partial charge is 0.416 e. The van der Waals surface area contributed by atoms with Gasteiger partial charge in [0.1, 0.15) is 5.54 Å². The van der Waals surface area contributed by atoms with Crippen LogP contribution in [0, 0.1) is 0 Å². The van der Waals surface area contributed by atoms with Crippen LogP contribution in [0.5, 0.6) is 0 Å². The van der Waals surface area contributed by atoms with Crippen molar-refractivity contribution < 1.29 is 27.9 Å². The molecule has 1 atom stereocenters. The number of rotatable bonds is 5. The number of carbonyl (C=O) groups is 2. The molecule has 1 unspecified atom stereocenters. The van der Waals surface area contributed by atoms with Crippen LogP contribution in [0.4, 0.5) is 13.2 Å². The third kappa shape index (κ3) is 3.65. The summed E-state index contributed by atoms with van der Waals surface area (Å²) >= 11 is 0. The van der Waals surface area contributed by atoms with Crippen molar-refractivity contribution in [2.24, 2.45) is 0 Å². The van der Waals surface area contributed by atoms with Crippen LogP contribution in [-0.4, -0.2) is 22.5 Å². The van der Waals surface area contributed by atoms with Crippen LogP contribution < -0.4 is 5.32 Å². The molecule has 1 saturated carbocycles. The average Bonchev–Trinajstić information content (AvgIpc) is 2.41. The Balaban J connectivity index is 2.09. The molecule has 1 amide bonds. The summed E-state index contributed by atoms with van der Waals surface area (Å²) in [5.74, 6) is -2.31. The number of hydrogen-bond acceptors (Lipinski definition) is 2. The quantitative estimate of drug-likeness (QED) is 0.871. The van der Waals surface area contributed by atoms with E-state index < -0.39 is 35.1 Å². The van der Waals surface area contributed by atoms with E-state index in [1.807, 2.05) is 0 Å². The highest BCUT2D eigenvalue weighted by molar-refractivity contribution is 5.88. The van der Waals surface area contributed by atoms with Crippen LogP contribution in [-0.2, 0) is 15.8 Å². The van der Waals surface area contributed by atoms with Crippen molar-refractivity contribution in [1.82, 2.24) is 5.32 Å². The van der Waals surface area contributed by atoms with E-state index in [1.165, 1.54) is 25.1 Å². The molecule has 0 heterocycles. The van der Waals surface area contributed by atoms with Crippen molar-refractivity contribution in [1.29, 1.82) is 0 Å². The first-order valence-corrected chi connectivity index (χ1v) is 7.36. The first-order chi connectivity index (χ1) is 10.7. The molecule has 4 nitrogen and oxygen atoms in total. The number of carbonyl (C=O) groups excluding carboxylic acids is 1. The second-order valence-electron chi connectivity index (χ2n) is 5.98. The Morgan fingerprint density at radius 3 is 2.39 bits per heavy atom. The zero-order chi connectivity index (χ0) is 17.3. The van der Waals surface area contributed by atoms with Gasteiger partial charge < -0.3 is 10.4 Å². The number of benzene rings is 1. The Morgan fingerprint density at radius 2 is 1.91 bits per heavy atom. The molecule has 0 saturated heterocycles. The molecule has 0 aliphatic heterocycles. The Morgan fingerprint density at radius 1 is 1.30 bits per heavy atom. The van der Waals surface area contributed by atoms with Gasteiger partial charge in [-0.15, -0.1) is 0 Å². The molecule has 2 N–H and O–H groups in total. The molecule has 1 aliphatic rings. The third-order valence-electron chi connectivity index (χ3n) is 4.28. The molecule has 2 rings (SSSR count). The van der Waals surface area contributed by atoms with E-state index in [-0.39, 0.29) is 12.0 Å². The number of aliphatic carboxylic acids is 1. The minimum Gasteiger partial charge on any atom is -0.480 e. The normalized spacial score (nSPS) is 17.9. The maximum atomic E-state index is 13.0. The van der Waals surface area contributed by atoms with E-state index in [4.69, 9.17) is 0 Å². The fraction of sp³-hybridized carbons (Fsp3) is 0.500. The molecule has 0 radical (unpaired) electrons. The maximum Gasteiger partial charge on any atom is 0.416 e. The number of amides is 1. The lowest BCUT2D eigenvalue weighted by atomic mass is 9.76. The van der Waals surface area contributed by atoms with E-state index >= 15 is 0 Å². The van der Waals surface area contributed by atoms with Crippen LogP contribution >= 0.6 is 0 Å². The second-order valence-corrected chi connectivity index (χ2v) is 5.98. The zero-order valence-corrected chi connectivity index (χ0v) is 12.6. The second kappa shape index (κ2) is 6.22. The van der Waals surface area contributed by atoms with E-state index in [0.717, 1.165) is 6.07 Å². The summed E-state index contributed by atoms with van der Waals surface area (Å²) in [4.78, 5) is 23.3. The Bertz CT molecular complexity index is 609. The van der Waals surface area contributed by atoms with Gasteiger partial charge in [-0.05, 0) is 36.8 Å². The standard InChI is InChI=1S/C16H18F3NO3/c1-10(11-5-2-3-6-12(11)16(17,18)19)9-13(21)20-15(14(22)23)7-4-8-15/h2-3,5-6,10H,4,7-9H2,1H3,(H,20,21)(H,22,23). The van der Waals surface area contributed by atoms with Crippen molar-refractivity contribution in [3.05, 3.63) is 35.4 Å². The molecule has 1 fully saturated rings. The van der Waals surface area contributed by atoms with Gasteiger partial charge >= 0.3 is 12.1 Å². The number of carboxylic acid groups (broad SMARTS) is 1. The summed E-state index contributed by atoms with van der Waals surface area (Å²) in [6, 6.07) is 5.11. The molecule has 0 aromatic heterocycles. The summed E-state index contributed by atoms with van der Waals surface area (Å²) < 4.78 is 39.0. The Labute approximate surface area is 131 Å². The molecule has 0 bridgehead atoms. The monoisotopic (exact) mass is 329 g/mol. The van der Waals surface area contributed by atoms with Gasteiger partial charge in [0.05, 0.1) is 5.56 Å². The summed E-state index contributed by atoms with van der Waals surface area (Å²) in [5.41, 5.74) is -1.98. The van der Waals surface area contributed by atoms with Gasteiger partial charge in [-0.2, -0.15) is 13.2 Å². The van der Waals surface area contributed by atoms with Crippen molar-refractivity contribution in [3.63, 3.8) is 0 Å². The highest BCUT2D eigenvalue weighted by Gasteiger charge is 2.45. The van der Waals surface area contributed by atoms with Crippen LogP contribution in [0.1, 0.15) is 49.7 Å². The summed E-state index contributed by atoms with van der Waals surface area (Å²) in [6.45, 7) is 1.53. The summed E-state index contributed by atoms with van der Waals surface area (Å²) in [7, 11) is 0. The van der Waals surface area contributed by atoms with Gasteiger partial charge in [0.15, 0.2) is 0 Å². The third-order valence-corrected chi connectivity index (χ3v) is 4.28. The van der Waals surface area contributed by atoms with E-state index in [9.17, 15) is 27.9 Å². The highest BCUT2D eigenvalue weighted by atomic mass is 19.4. The first-order valence-electron chi connectivity index (χ1n) is 7.36. The van der Waals surface area contributed by atoms with Gasteiger partial charge in [-0.1, -0.05) is 25.1 Å². The maximum absolute atomic E-state index is 13.0. The predicted molar refractivity (Wildman–Crippen MR) is 76.8 cm³/mol. The summed E-state index contributed by atoms with van der Waals surface area (Å²) in [6.07, 6.45) is -3.28. The fourth-order valence-corrected chi connectivity index (χ4v) is 2.81. The van der Waals surface area contributed by atoms with Crippen molar-refractivity contribution in [3.8, 4) is 0 Å². The molecule has 1 aliphatic carbocycles. The zero-order valence-electron chi connectivity index (χ0n) is 12.6. The Hall–Kier alpha value is -2.05. The molecular formula is C16H18F3NO3. The lowest BCUT2D eigenvalue weighted by molar-refractivity contribution is -0.151. The molecule has 1 aromatic carbocycles.